The van der Waals surface area contributed by atoms with Gasteiger partial charge in [0, 0.05) is 60.3 Å². The average molecular weight is 771 g/mol. The fraction of sp³-hybridized carbons (Fsp3) is 0.500. The van der Waals surface area contributed by atoms with Gasteiger partial charge < -0.3 is 28.7 Å². The van der Waals surface area contributed by atoms with Crippen molar-refractivity contribution in [1.29, 1.82) is 0 Å². The summed E-state index contributed by atoms with van der Waals surface area (Å²) in [7, 11) is 2.68. The topological polar surface area (TPSA) is 173 Å². The van der Waals surface area contributed by atoms with E-state index in [1.54, 1.807) is 69.4 Å². The first kappa shape index (κ1) is 40.2. The first-order chi connectivity index (χ1) is 26.9. The Hall–Kier alpha value is -5.48. The van der Waals surface area contributed by atoms with E-state index in [9.17, 15) is 19.2 Å². The Kier molecular flexibility index (Phi) is 12.3. The summed E-state index contributed by atoms with van der Waals surface area (Å²) >= 11 is 0. The second-order valence-corrected chi connectivity index (χ2v) is 14.4. The molecule has 4 aromatic rings. The summed E-state index contributed by atoms with van der Waals surface area (Å²) in [6.45, 7) is 12.4. The maximum absolute atomic E-state index is 12.8. The number of hydrogen-bond acceptors (Lipinski definition) is 12. The minimum atomic E-state index is -0.460. The molecule has 0 N–H and O–H groups in total. The summed E-state index contributed by atoms with van der Waals surface area (Å²) in [6, 6.07) is 9.78. The van der Waals surface area contributed by atoms with Crippen LogP contribution < -0.4 is 9.80 Å². The highest BCUT2D eigenvalue weighted by molar-refractivity contribution is 5.97. The van der Waals surface area contributed by atoms with Crippen LogP contribution in [-0.2, 0) is 41.8 Å². The molecule has 2 aromatic heterocycles. The van der Waals surface area contributed by atoms with E-state index in [0.29, 0.717) is 35.7 Å². The van der Waals surface area contributed by atoms with E-state index in [1.165, 1.54) is 14.2 Å². The third-order valence-corrected chi connectivity index (χ3v) is 11.0. The van der Waals surface area contributed by atoms with Crippen molar-refractivity contribution in [3.8, 4) is 0 Å². The molecule has 16 heteroatoms. The summed E-state index contributed by atoms with van der Waals surface area (Å²) in [5.74, 6) is -1.13. The van der Waals surface area contributed by atoms with Gasteiger partial charge in [-0.2, -0.15) is 0 Å². The number of anilines is 2. The molecule has 6 atom stereocenters. The van der Waals surface area contributed by atoms with Crippen LogP contribution in [0.15, 0.2) is 48.8 Å². The third-order valence-electron chi connectivity index (χ3n) is 11.0. The molecule has 2 aliphatic rings. The standard InChI is InChI=1S/C40H50N8O8/c1-9-33-23(3)37(31-17-27(39(51)53-7)11-13-35(31)47(33)25(5)49)45-19-29(41-43-45)21-55-15-16-56-22-30-20-46(44-42-30)38-24(4)34(10-2)48(26(6)50)36-14-12-28(18-32(36)38)40(52)54-8/h11-14,17-20,23-24,33-34,37-38H,9-10,15-16,21-22H2,1-8H3/t23-,24-,33+,34+,37+,38+/m1/s1. The van der Waals surface area contributed by atoms with Crippen molar-refractivity contribution in [2.45, 2.75) is 91.8 Å². The number of nitrogens with zero attached hydrogens (tertiary/aromatic N) is 8. The molecule has 0 spiro atoms. The van der Waals surface area contributed by atoms with Crippen molar-refractivity contribution in [2.75, 3.05) is 37.2 Å². The normalized spacial score (nSPS) is 21.6. The van der Waals surface area contributed by atoms with E-state index < -0.39 is 11.9 Å². The largest absolute Gasteiger partial charge is 0.465 e. The highest BCUT2D eigenvalue weighted by Crippen LogP contribution is 2.45. The number of rotatable bonds is 13. The van der Waals surface area contributed by atoms with Crippen LogP contribution in [0.5, 0.6) is 0 Å². The smallest absolute Gasteiger partial charge is 0.337 e. The maximum atomic E-state index is 12.8. The number of hydrogen-bond donors (Lipinski definition) is 0. The zero-order valence-corrected chi connectivity index (χ0v) is 33.2. The Balaban J connectivity index is 1.09. The number of amides is 2. The van der Waals surface area contributed by atoms with Crippen LogP contribution in [0.3, 0.4) is 0 Å². The Morgan fingerprint density at radius 1 is 0.643 bits per heavy atom. The van der Waals surface area contributed by atoms with Gasteiger partial charge in [-0.25, -0.2) is 19.0 Å². The highest BCUT2D eigenvalue weighted by Gasteiger charge is 2.43. The zero-order valence-electron chi connectivity index (χ0n) is 33.2. The van der Waals surface area contributed by atoms with Gasteiger partial charge in [0.05, 0.1) is 76.3 Å². The van der Waals surface area contributed by atoms with E-state index in [0.717, 1.165) is 35.3 Å². The van der Waals surface area contributed by atoms with Gasteiger partial charge in [0.2, 0.25) is 11.8 Å². The quantitative estimate of drug-likeness (QED) is 0.133. The van der Waals surface area contributed by atoms with Crippen molar-refractivity contribution >= 4 is 35.1 Å². The van der Waals surface area contributed by atoms with Crippen molar-refractivity contribution < 1.29 is 38.1 Å². The second kappa shape index (κ2) is 17.1. The third kappa shape index (κ3) is 7.67. The number of ether oxygens (including phenoxy) is 4. The molecule has 0 aliphatic carbocycles. The number of esters is 2. The summed E-state index contributed by atoms with van der Waals surface area (Å²) in [5.41, 5.74) is 5.09. The second-order valence-electron chi connectivity index (χ2n) is 14.4. The molecule has 6 rings (SSSR count). The lowest BCUT2D eigenvalue weighted by Gasteiger charge is -2.44. The molecule has 0 bridgehead atoms. The fourth-order valence-corrected chi connectivity index (χ4v) is 8.51. The minimum Gasteiger partial charge on any atom is -0.465 e. The molecule has 0 unspecified atom stereocenters. The van der Waals surface area contributed by atoms with E-state index >= 15 is 0 Å². The van der Waals surface area contributed by atoms with Crippen LogP contribution >= 0.6 is 0 Å². The first-order valence-electron chi connectivity index (χ1n) is 18.9. The molecule has 4 heterocycles. The summed E-state index contributed by atoms with van der Waals surface area (Å²) in [4.78, 5) is 54.2. The zero-order chi connectivity index (χ0) is 40.3. The van der Waals surface area contributed by atoms with Crippen LogP contribution in [0.2, 0.25) is 0 Å². The lowest BCUT2D eigenvalue weighted by atomic mass is 9.80. The predicted molar refractivity (Wildman–Crippen MR) is 204 cm³/mol. The fourth-order valence-electron chi connectivity index (χ4n) is 8.51. The molecule has 16 nitrogen and oxygen atoms in total. The molecule has 0 radical (unpaired) electrons. The summed E-state index contributed by atoms with van der Waals surface area (Å²) < 4.78 is 25.3. The number of methoxy groups -OCH3 is 2. The van der Waals surface area contributed by atoms with Crippen LogP contribution in [0.25, 0.3) is 0 Å². The van der Waals surface area contributed by atoms with Gasteiger partial charge in [0.15, 0.2) is 0 Å². The molecule has 0 fully saturated rings. The molecule has 2 aliphatic heterocycles. The number of carbonyl (C=O) groups is 4. The molecule has 56 heavy (non-hydrogen) atoms. The highest BCUT2D eigenvalue weighted by atomic mass is 16.5. The predicted octanol–water partition coefficient (Wildman–Crippen LogP) is 4.92. The van der Waals surface area contributed by atoms with Crippen molar-refractivity contribution in [3.05, 3.63) is 82.4 Å². The minimum absolute atomic E-state index is 0.0390. The van der Waals surface area contributed by atoms with Crippen LogP contribution in [0.1, 0.15) is 110 Å². The Morgan fingerprint density at radius 2 is 1.04 bits per heavy atom. The van der Waals surface area contributed by atoms with Gasteiger partial charge in [-0.1, -0.05) is 38.1 Å². The molecular weight excluding hydrogens is 720 g/mol. The van der Waals surface area contributed by atoms with Crippen LogP contribution in [0, 0.1) is 11.8 Å². The molecule has 0 saturated heterocycles. The molecule has 2 aromatic carbocycles. The number of carbonyl (C=O) groups excluding carboxylic acids is 4. The van der Waals surface area contributed by atoms with Crippen LogP contribution in [-0.4, -0.2) is 93.3 Å². The maximum Gasteiger partial charge on any atom is 0.337 e. The number of aromatic nitrogens is 6. The van der Waals surface area contributed by atoms with Gasteiger partial charge >= 0.3 is 11.9 Å². The SMILES string of the molecule is CC[C@H]1[C@@H](C)[C@H](n2cc(COCCOCc3cn([C@@H]4c5cc(C(=O)OC)ccc5N(C(C)=O)[C@@H](CC)[C@H]4C)nn3)nn2)c2cc(C(=O)OC)ccc2N1C(C)=O. The van der Waals surface area contributed by atoms with Gasteiger partial charge in [-0.15, -0.1) is 10.2 Å². The molecule has 0 saturated carbocycles. The Labute approximate surface area is 326 Å². The monoisotopic (exact) mass is 770 g/mol. The Bertz CT molecular complexity index is 1930. The lowest BCUT2D eigenvalue weighted by Crippen LogP contribution is -2.49. The van der Waals surface area contributed by atoms with E-state index in [4.69, 9.17) is 18.9 Å². The van der Waals surface area contributed by atoms with Crippen molar-refractivity contribution in [1.82, 2.24) is 30.0 Å². The lowest BCUT2D eigenvalue weighted by molar-refractivity contribution is -0.118. The summed E-state index contributed by atoms with van der Waals surface area (Å²) in [5, 5.41) is 17.6. The average Bonchev–Trinajstić information content (AvgIpc) is 3.86. The number of benzene rings is 2. The molecule has 2 amide bonds. The van der Waals surface area contributed by atoms with E-state index in [2.05, 4.69) is 48.3 Å². The summed E-state index contributed by atoms with van der Waals surface area (Å²) in [6.07, 6.45) is 5.15. The van der Waals surface area contributed by atoms with Crippen LogP contribution in [0.4, 0.5) is 11.4 Å². The molecular formula is C40H50N8O8. The van der Waals surface area contributed by atoms with Gasteiger partial charge in [0.25, 0.3) is 0 Å². The van der Waals surface area contributed by atoms with E-state index in [1.807, 2.05) is 12.4 Å². The van der Waals surface area contributed by atoms with Crippen molar-refractivity contribution in [2.24, 2.45) is 11.8 Å². The number of fused-ring (bicyclic) bond motifs is 2. The molecule has 298 valence electrons. The van der Waals surface area contributed by atoms with Gasteiger partial charge in [-0.05, 0) is 49.2 Å². The first-order valence-corrected chi connectivity index (χ1v) is 18.9. The van der Waals surface area contributed by atoms with Crippen molar-refractivity contribution in [3.63, 3.8) is 0 Å². The van der Waals surface area contributed by atoms with Gasteiger partial charge in [0.1, 0.15) is 11.4 Å². The van der Waals surface area contributed by atoms with E-state index in [-0.39, 0.29) is 61.0 Å². The Morgan fingerprint density at radius 3 is 1.38 bits per heavy atom. The van der Waals surface area contributed by atoms with Gasteiger partial charge in [-0.3, -0.25) is 9.59 Å².